The lowest BCUT2D eigenvalue weighted by atomic mass is 10.2. The molecule has 1 heterocycles. The summed E-state index contributed by atoms with van der Waals surface area (Å²) in [5.41, 5.74) is 0.621. The van der Waals surface area contributed by atoms with E-state index in [0.29, 0.717) is 18.1 Å². The third-order valence-electron chi connectivity index (χ3n) is 2.67. The number of rotatable bonds is 6. The van der Waals surface area contributed by atoms with E-state index in [9.17, 15) is 9.18 Å². The number of halogens is 1. The minimum absolute atomic E-state index is 0.0372. The molecule has 7 nitrogen and oxygen atoms in total. The number of hydrogen-bond acceptors (Lipinski definition) is 5. The predicted molar refractivity (Wildman–Crippen MR) is 73.6 cm³/mol. The van der Waals surface area contributed by atoms with E-state index in [1.807, 2.05) is 6.92 Å². The molecule has 1 aromatic carbocycles. The van der Waals surface area contributed by atoms with Crippen molar-refractivity contribution in [2.75, 3.05) is 18.5 Å². The molecule has 0 bridgehead atoms. The quantitative estimate of drug-likeness (QED) is 0.816. The summed E-state index contributed by atoms with van der Waals surface area (Å²) in [7, 11) is 0. The third-order valence-corrected chi connectivity index (χ3v) is 2.67. The van der Waals surface area contributed by atoms with Gasteiger partial charge in [-0.3, -0.25) is 4.79 Å². The number of carbonyl (C=O) groups is 1. The van der Waals surface area contributed by atoms with Crippen LogP contribution in [0.15, 0.2) is 18.2 Å². The molecule has 112 valence electrons. The van der Waals surface area contributed by atoms with Crippen molar-refractivity contribution in [3.05, 3.63) is 29.8 Å². The first-order valence-corrected chi connectivity index (χ1v) is 6.54. The molecule has 0 unspecified atom stereocenters. The smallest absolute Gasteiger partial charge is 0.250 e. The van der Waals surface area contributed by atoms with Crippen molar-refractivity contribution in [2.45, 2.75) is 20.3 Å². The number of ether oxygens (including phenoxy) is 1. The highest BCUT2D eigenvalue weighted by Gasteiger charge is 2.11. The fraction of sp³-hybridized carbons (Fsp3) is 0.385. The molecule has 0 spiro atoms. The minimum Gasteiger partial charge on any atom is -0.372 e. The van der Waals surface area contributed by atoms with Crippen LogP contribution in [0, 0.1) is 12.7 Å². The zero-order valence-electron chi connectivity index (χ0n) is 11.8. The first-order chi connectivity index (χ1) is 10.1. The van der Waals surface area contributed by atoms with Crippen molar-refractivity contribution in [2.24, 2.45) is 0 Å². The zero-order valence-corrected chi connectivity index (χ0v) is 11.8. The molecule has 8 heteroatoms. The van der Waals surface area contributed by atoms with Gasteiger partial charge in [-0.1, -0.05) is 6.92 Å². The maximum absolute atomic E-state index is 13.8. The molecule has 1 amide bonds. The Morgan fingerprint density at radius 2 is 2.29 bits per heavy atom. The first-order valence-electron chi connectivity index (χ1n) is 6.54. The Labute approximate surface area is 121 Å². The number of aryl methyl sites for hydroxylation is 1. The number of benzene rings is 1. The third kappa shape index (κ3) is 3.82. The van der Waals surface area contributed by atoms with Crippen LogP contribution in [0.1, 0.15) is 19.2 Å². The molecule has 0 atom stereocenters. The molecule has 0 fully saturated rings. The second kappa shape index (κ2) is 6.89. The highest BCUT2D eigenvalue weighted by atomic mass is 19.1. The second-order valence-corrected chi connectivity index (χ2v) is 4.40. The number of carbonyl (C=O) groups excluding carboxylic acids is 1. The molecule has 0 saturated heterocycles. The Bertz CT molecular complexity index is 629. The molecular formula is C13H16FN5O2. The Morgan fingerprint density at radius 1 is 1.48 bits per heavy atom. The maximum Gasteiger partial charge on any atom is 0.250 e. The van der Waals surface area contributed by atoms with Gasteiger partial charge in [0.15, 0.2) is 5.82 Å². The summed E-state index contributed by atoms with van der Waals surface area (Å²) >= 11 is 0. The Kier molecular flexibility index (Phi) is 4.94. The molecule has 0 aliphatic carbocycles. The van der Waals surface area contributed by atoms with Gasteiger partial charge in [-0.2, -0.15) is 4.68 Å². The van der Waals surface area contributed by atoms with E-state index in [-0.39, 0.29) is 18.2 Å². The molecule has 0 aliphatic rings. The number of aromatic nitrogens is 4. The van der Waals surface area contributed by atoms with E-state index < -0.39 is 5.82 Å². The number of nitrogens with one attached hydrogen (secondary N) is 1. The van der Waals surface area contributed by atoms with Crippen LogP contribution in [0.25, 0.3) is 5.69 Å². The first kappa shape index (κ1) is 15.0. The topological polar surface area (TPSA) is 81.9 Å². The normalized spacial score (nSPS) is 10.6. The van der Waals surface area contributed by atoms with Gasteiger partial charge in [0.1, 0.15) is 18.1 Å². The summed E-state index contributed by atoms with van der Waals surface area (Å²) < 4.78 is 20.2. The monoisotopic (exact) mass is 293 g/mol. The van der Waals surface area contributed by atoms with E-state index in [1.54, 1.807) is 6.92 Å². The summed E-state index contributed by atoms with van der Waals surface area (Å²) in [5, 5.41) is 13.5. The van der Waals surface area contributed by atoms with Crippen molar-refractivity contribution in [3.63, 3.8) is 0 Å². The lowest BCUT2D eigenvalue weighted by molar-refractivity contribution is -0.120. The number of amides is 1. The fourth-order valence-electron chi connectivity index (χ4n) is 1.71. The predicted octanol–water partition coefficient (Wildman–Crippen LogP) is 1.47. The number of nitrogens with zero attached hydrogens (tertiary/aromatic N) is 4. The van der Waals surface area contributed by atoms with Crippen LogP contribution < -0.4 is 5.32 Å². The number of hydrogen-bond donors (Lipinski definition) is 1. The Balaban J connectivity index is 2.12. The number of anilines is 1. The summed E-state index contributed by atoms with van der Waals surface area (Å²) in [5.74, 6) is -0.330. The van der Waals surface area contributed by atoms with Gasteiger partial charge in [0.05, 0.1) is 0 Å². The van der Waals surface area contributed by atoms with Gasteiger partial charge in [-0.25, -0.2) is 4.39 Å². The van der Waals surface area contributed by atoms with Crippen molar-refractivity contribution < 1.29 is 13.9 Å². The number of tetrazole rings is 1. The van der Waals surface area contributed by atoms with Gasteiger partial charge in [-0.05, 0) is 42.0 Å². The van der Waals surface area contributed by atoms with Crippen molar-refractivity contribution in [3.8, 4) is 5.69 Å². The maximum atomic E-state index is 13.8. The molecule has 0 aliphatic heterocycles. The van der Waals surface area contributed by atoms with Gasteiger partial charge < -0.3 is 10.1 Å². The van der Waals surface area contributed by atoms with E-state index in [4.69, 9.17) is 4.74 Å². The highest BCUT2D eigenvalue weighted by molar-refractivity contribution is 5.91. The standard InChI is InChI=1S/C13H16FN5O2/c1-3-6-21-8-13(20)15-10-4-5-11(14)12(7-10)19-9(2)16-17-18-19/h4-5,7H,3,6,8H2,1-2H3,(H,15,20). The molecule has 0 saturated carbocycles. The van der Waals surface area contributed by atoms with Crippen LogP contribution in [-0.4, -0.2) is 39.3 Å². The summed E-state index contributed by atoms with van der Waals surface area (Å²) in [6.45, 7) is 4.10. The Morgan fingerprint density at radius 3 is 2.95 bits per heavy atom. The van der Waals surface area contributed by atoms with Crippen LogP contribution in [0.5, 0.6) is 0 Å². The molecule has 0 radical (unpaired) electrons. The largest absolute Gasteiger partial charge is 0.372 e. The van der Waals surface area contributed by atoms with Gasteiger partial charge in [0, 0.05) is 12.3 Å². The second-order valence-electron chi connectivity index (χ2n) is 4.40. The minimum atomic E-state index is -0.481. The van der Waals surface area contributed by atoms with E-state index >= 15 is 0 Å². The van der Waals surface area contributed by atoms with E-state index in [2.05, 4.69) is 20.8 Å². The molecule has 21 heavy (non-hydrogen) atoms. The molecule has 1 N–H and O–H groups in total. The average molecular weight is 293 g/mol. The average Bonchev–Trinajstić information content (AvgIpc) is 2.87. The fourth-order valence-corrected chi connectivity index (χ4v) is 1.71. The van der Waals surface area contributed by atoms with E-state index in [0.717, 1.165) is 6.42 Å². The summed E-state index contributed by atoms with van der Waals surface area (Å²) in [4.78, 5) is 11.7. The zero-order chi connectivity index (χ0) is 15.2. The van der Waals surface area contributed by atoms with Crippen LogP contribution in [0.2, 0.25) is 0 Å². The lowest BCUT2D eigenvalue weighted by Gasteiger charge is -2.09. The molecular weight excluding hydrogens is 277 g/mol. The van der Waals surface area contributed by atoms with Crippen molar-refractivity contribution in [1.29, 1.82) is 0 Å². The van der Waals surface area contributed by atoms with Crippen LogP contribution in [0.4, 0.5) is 10.1 Å². The lowest BCUT2D eigenvalue weighted by Crippen LogP contribution is -2.18. The molecule has 2 aromatic rings. The van der Waals surface area contributed by atoms with Crippen molar-refractivity contribution >= 4 is 11.6 Å². The highest BCUT2D eigenvalue weighted by Crippen LogP contribution is 2.18. The van der Waals surface area contributed by atoms with Gasteiger partial charge in [0.25, 0.3) is 0 Å². The molecule has 1 aromatic heterocycles. The van der Waals surface area contributed by atoms with Crippen LogP contribution >= 0.6 is 0 Å². The van der Waals surface area contributed by atoms with Gasteiger partial charge >= 0.3 is 0 Å². The van der Waals surface area contributed by atoms with Crippen molar-refractivity contribution in [1.82, 2.24) is 20.2 Å². The Hall–Kier alpha value is -2.35. The SMILES string of the molecule is CCCOCC(=O)Nc1ccc(F)c(-n2nnnc2C)c1. The van der Waals surface area contributed by atoms with Crippen LogP contribution in [0.3, 0.4) is 0 Å². The van der Waals surface area contributed by atoms with Crippen LogP contribution in [-0.2, 0) is 9.53 Å². The molecule has 2 rings (SSSR count). The summed E-state index contributed by atoms with van der Waals surface area (Å²) in [6.07, 6.45) is 0.840. The van der Waals surface area contributed by atoms with Gasteiger partial charge in [0.2, 0.25) is 5.91 Å². The summed E-state index contributed by atoms with van der Waals surface area (Å²) in [6, 6.07) is 4.19. The van der Waals surface area contributed by atoms with E-state index in [1.165, 1.54) is 22.9 Å². The van der Waals surface area contributed by atoms with Gasteiger partial charge in [-0.15, -0.1) is 5.10 Å².